The number of carbonyl (C=O) groups excluding carboxylic acids is 2. The highest BCUT2D eigenvalue weighted by atomic mass is 32.1. The van der Waals surface area contributed by atoms with Gasteiger partial charge in [-0.15, -0.1) is 0 Å². The van der Waals surface area contributed by atoms with Crippen LogP contribution in [0, 0.1) is 0 Å². The van der Waals surface area contributed by atoms with Gasteiger partial charge in [0.1, 0.15) is 23.7 Å². The van der Waals surface area contributed by atoms with E-state index in [9.17, 15) is 9.59 Å². The lowest BCUT2D eigenvalue weighted by atomic mass is 10.1. The Bertz CT molecular complexity index is 1540. The van der Waals surface area contributed by atoms with Crippen LogP contribution in [-0.4, -0.2) is 24.0 Å². The molecule has 1 aliphatic rings. The molecule has 194 valence electrons. The number of thiocarbonyl (C=S) groups is 1. The van der Waals surface area contributed by atoms with Crippen molar-refractivity contribution in [2.24, 2.45) is 0 Å². The average Bonchev–Trinajstić information content (AvgIpc) is 2.96. The van der Waals surface area contributed by atoms with Crippen molar-refractivity contribution in [3.05, 3.63) is 120 Å². The maximum atomic E-state index is 13.5. The summed E-state index contributed by atoms with van der Waals surface area (Å²) in [4.78, 5) is 27.5. The number of hydrogen-bond acceptors (Lipinski definition) is 6. The van der Waals surface area contributed by atoms with Crippen LogP contribution in [0.2, 0.25) is 0 Å². The van der Waals surface area contributed by atoms with E-state index in [2.05, 4.69) is 5.32 Å². The highest BCUT2D eigenvalue weighted by molar-refractivity contribution is 7.80. The van der Waals surface area contributed by atoms with Gasteiger partial charge in [-0.05, 0) is 78.0 Å². The zero-order valence-electron chi connectivity index (χ0n) is 21.0. The number of nitrogens with one attached hydrogen (secondary N) is 1. The number of benzene rings is 4. The van der Waals surface area contributed by atoms with Crippen molar-refractivity contribution in [2.75, 3.05) is 12.0 Å². The van der Waals surface area contributed by atoms with Crippen molar-refractivity contribution in [3.63, 3.8) is 0 Å². The van der Waals surface area contributed by atoms with E-state index in [0.29, 0.717) is 40.9 Å². The van der Waals surface area contributed by atoms with Gasteiger partial charge in [0.25, 0.3) is 11.8 Å². The number of methoxy groups -OCH3 is 1. The molecule has 0 radical (unpaired) electrons. The Balaban J connectivity index is 1.38. The second-order valence-electron chi connectivity index (χ2n) is 8.55. The van der Waals surface area contributed by atoms with Crippen molar-refractivity contribution in [3.8, 4) is 23.0 Å². The van der Waals surface area contributed by atoms with Crippen molar-refractivity contribution < 1.29 is 23.8 Å². The molecule has 0 spiro atoms. The summed E-state index contributed by atoms with van der Waals surface area (Å²) in [5.41, 5.74) is 2.02. The SMILES string of the molecule is COc1ccc(/C=C2\C(=O)NC(=S)N(c3ccc(Oc4ccccc4)cc3)C2=O)cc1OCc1ccccc1. The molecule has 0 bridgehead atoms. The molecular weight excluding hydrogens is 512 g/mol. The third-order valence-corrected chi connectivity index (χ3v) is 6.20. The molecular formula is C31H24N2O5S. The first-order chi connectivity index (χ1) is 19.0. The average molecular weight is 537 g/mol. The Morgan fingerprint density at radius 1 is 0.821 bits per heavy atom. The number of rotatable bonds is 8. The first kappa shape index (κ1) is 25.7. The molecule has 4 aromatic carbocycles. The molecule has 7 nitrogen and oxygen atoms in total. The summed E-state index contributed by atoms with van der Waals surface area (Å²) >= 11 is 5.33. The van der Waals surface area contributed by atoms with Crippen LogP contribution in [0.1, 0.15) is 11.1 Å². The molecule has 1 heterocycles. The quantitative estimate of drug-likeness (QED) is 0.172. The largest absolute Gasteiger partial charge is 0.493 e. The third kappa shape index (κ3) is 5.97. The van der Waals surface area contributed by atoms with Crippen LogP contribution in [0.5, 0.6) is 23.0 Å². The number of anilines is 1. The second-order valence-corrected chi connectivity index (χ2v) is 8.94. The van der Waals surface area contributed by atoms with Crippen molar-refractivity contribution >= 4 is 40.9 Å². The first-order valence-electron chi connectivity index (χ1n) is 12.1. The van der Waals surface area contributed by atoms with E-state index in [1.54, 1.807) is 49.6 Å². The number of hydrogen-bond donors (Lipinski definition) is 1. The van der Waals surface area contributed by atoms with E-state index in [-0.39, 0.29) is 10.7 Å². The van der Waals surface area contributed by atoms with Crippen LogP contribution < -0.4 is 24.4 Å². The van der Waals surface area contributed by atoms with Crippen LogP contribution >= 0.6 is 12.2 Å². The second kappa shape index (κ2) is 11.6. The van der Waals surface area contributed by atoms with E-state index in [1.807, 2.05) is 60.7 Å². The molecule has 0 aromatic heterocycles. The Labute approximate surface area is 231 Å². The van der Waals surface area contributed by atoms with Gasteiger partial charge >= 0.3 is 0 Å². The van der Waals surface area contributed by atoms with Gasteiger partial charge in [0.05, 0.1) is 12.8 Å². The summed E-state index contributed by atoms with van der Waals surface area (Å²) in [5.74, 6) is 1.20. The van der Waals surface area contributed by atoms with Gasteiger partial charge in [-0.3, -0.25) is 19.8 Å². The van der Waals surface area contributed by atoms with Crippen LogP contribution in [0.3, 0.4) is 0 Å². The van der Waals surface area contributed by atoms with Gasteiger partial charge in [-0.1, -0.05) is 54.6 Å². The molecule has 2 amide bonds. The molecule has 0 aliphatic carbocycles. The van der Waals surface area contributed by atoms with Crippen LogP contribution in [0.15, 0.2) is 109 Å². The third-order valence-electron chi connectivity index (χ3n) is 5.91. The topological polar surface area (TPSA) is 77.1 Å². The lowest BCUT2D eigenvalue weighted by Gasteiger charge is -2.29. The molecule has 5 rings (SSSR count). The van der Waals surface area contributed by atoms with E-state index < -0.39 is 11.8 Å². The molecule has 0 atom stereocenters. The maximum absolute atomic E-state index is 13.5. The number of carbonyl (C=O) groups is 2. The Hall–Kier alpha value is -4.95. The van der Waals surface area contributed by atoms with Gasteiger partial charge in [-0.25, -0.2) is 0 Å². The Morgan fingerprint density at radius 2 is 1.49 bits per heavy atom. The first-order valence-corrected chi connectivity index (χ1v) is 12.5. The van der Waals surface area contributed by atoms with Crippen LogP contribution in [-0.2, 0) is 16.2 Å². The fraction of sp³-hybridized carbons (Fsp3) is 0.0645. The predicted molar refractivity (Wildman–Crippen MR) is 153 cm³/mol. The summed E-state index contributed by atoms with van der Waals surface area (Å²) in [5, 5.41) is 2.61. The summed E-state index contributed by atoms with van der Waals surface area (Å²) < 4.78 is 17.2. The highest BCUT2D eigenvalue weighted by Crippen LogP contribution is 2.31. The van der Waals surface area contributed by atoms with Crippen molar-refractivity contribution in [1.29, 1.82) is 0 Å². The molecule has 1 saturated heterocycles. The highest BCUT2D eigenvalue weighted by Gasteiger charge is 2.34. The van der Waals surface area contributed by atoms with Crippen molar-refractivity contribution in [2.45, 2.75) is 6.61 Å². The predicted octanol–water partition coefficient (Wildman–Crippen LogP) is 5.90. The minimum Gasteiger partial charge on any atom is -0.493 e. The lowest BCUT2D eigenvalue weighted by molar-refractivity contribution is -0.122. The van der Waals surface area contributed by atoms with Gasteiger partial charge in [-0.2, -0.15) is 0 Å². The standard InChI is InChI=1S/C31H24N2O5S/c1-36-27-17-12-22(19-28(27)37-20-21-8-4-2-5-9-21)18-26-29(34)32-31(39)33(30(26)35)23-13-15-25(16-14-23)38-24-10-6-3-7-11-24/h2-19H,20H2,1H3,(H,32,34,39)/b26-18+. The van der Waals surface area contributed by atoms with E-state index in [1.165, 1.54) is 11.0 Å². The lowest BCUT2D eigenvalue weighted by Crippen LogP contribution is -2.54. The summed E-state index contributed by atoms with van der Waals surface area (Å²) in [7, 11) is 1.55. The number of ether oxygens (including phenoxy) is 3. The molecule has 1 aliphatic heterocycles. The number of nitrogens with zero attached hydrogens (tertiary/aromatic N) is 1. The molecule has 1 N–H and O–H groups in total. The van der Waals surface area contributed by atoms with E-state index in [4.69, 9.17) is 26.4 Å². The van der Waals surface area contributed by atoms with Crippen LogP contribution in [0.25, 0.3) is 6.08 Å². The fourth-order valence-electron chi connectivity index (χ4n) is 3.98. The van der Waals surface area contributed by atoms with Gasteiger partial charge < -0.3 is 14.2 Å². The molecule has 0 unspecified atom stereocenters. The van der Waals surface area contributed by atoms with Gasteiger partial charge in [0, 0.05) is 0 Å². The molecule has 39 heavy (non-hydrogen) atoms. The van der Waals surface area contributed by atoms with Crippen LogP contribution in [0.4, 0.5) is 5.69 Å². The minimum absolute atomic E-state index is 0.000456. The van der Waals surface area contributed by atoms with Gasteiger partial charge in [0.15, 0.2) is 16.6 Å². The number of amides is 2. The minimum atomic E-state index is -0.576. The summed E-state index contributed by atoms with van der Waals surface area (Å²) in [6, 6.07) is 31.2. The normalized spacial score (nSPS) is 14.2. The monoisotopic (exact) mass is 536 g/mol. The molecule has 1 fully saturated rings. The maximum Gasteiger partial charge on any atom is 0.270 e. The smallest absolute Gasteiger partial charge is 0.270 e. The Kier molecular flexibility index (Phi) is 7.65. The summed E-state index contributed by atoms with van der Waals surface area (Å²) in [6.45, 7) is 0.336. The van der Waals surface area contributed by atoms with Crippen molar-refractivity contribution in [1.82, 2.24) is 5.32 Å². The molecule has 0 saturated carbocycles. The summed E-state index contributed by atoms with van der Waals surface area (Å²) in [6.07, 6.45) is 1.51. The van der Waals surface area contributed by atoms with E-state index >= 15 is 0 Å². The van der Waals surface area contributed by atoms with Gasteiger partial charge in [0.2, 0.25) is 0 Å². The van der Waals surface area contributed by atoms with E-state index in [0.717, 1.165) is 5.56 Å². The Morgan fingerprint density at radius 3 is 2.18 bits per heavy atom. The fourth-order valence-corrected chi connectivity index (χ4v) is 4.26. The number of para-hydroxylation sites is 1. The molecule has 4 aromatic rings. The molecule has 8 heteroatoms. The zero-order chi connectivity index (χ0) is 27.2. The zero-order valence-corrected chi connectivity index (χ0v) is 21.8.